The molecule has 0 aliphatic heterocycles. The Morgan fingerprint density at radius 1 is 0.840 bits per heavy atom. The number of rotatable bonds is 4. The van der Waals surface area contributed by atoms with E-state index in [0.717, 1.165) is 6.07 Å². The van der Waals surface area contributed by atoms with Crippen LogP contribution in [-0.2, 0) is 0 Å². The monoisotopic (exact) mass is 338 g/mol. The van der Waals surface area contributed by atoms with Crippen LogP contribution in [0.4, 0.5) is 11.4 Å². The van der Waals surface area contributed by atoms with Gasteiger partial charge >= 0.3 is 5.97 Å². The number of carboxylic acid groups (broad SMARTS) is 1. The van der Waals surface area contributed by atoms with Crippen molar-refractivity contribution >= 4 is 28.1 Å². The second-order valence-corrected chi connectivity index (χ2v) is 5.23. The molecule has 8 heteroatoms. The van der Waals surface area contributed by atoms with Gasteiger partial charge in [0.15, 0.2) is 0 Å². The molecule has 124 valence electrons. The molecule has 3 aromatic rings. The molecule has 3 aromatic carbocycles. The Balaban J connectivity index is 2.34. The number of hydrogen-bond acceptors (Lipinski definition) is 5. The van der Waals surface area contributed by atoms with Gasteiger partial charge in [0.25, 0.3) is 11.4 Å². The number of carboxylic acids is 1. The second kappa shape index (κ2) is 6.00. The van der Waals surface area contributed by atoms with Crippen molar-refractivity contribution in [1.82, 2.24) is 0 Å². The summed E-state index contributed by atoms with van der Waals surface area (Å²) < 4.78 is 0. The van der Waals surface area contributed by atoms with Gasteiger partial charge in [-0.15, -0.1) is 0 Å². The van der Waals surface area contributed by atoms with Gasteiger partial charge in [0, 0.05) is 18.2 Å². The Labute approximate surface area is 140 Å². The topological polar surface area (TPSA) is 124 Å². The van der Waals surface area contributed by atoms with Crippen molar-refractivity contribution in [3.63, 3.8) is 0 Å². The number of carbonyl (C=O) groups is 1. The lowest BCUT2D eigenvalue weighted by Crippen LogP contribution is -2.02. The first-order chi connectivity index (χ1) is 11.9. The largest absolute Gasteiger partial charge is 0.478 e. The standard InChI is InChI=1S/C17H10N2O6/c20-17(21)15-9-10(18(22)23)5-6-13(15)12-7-8-16(19(24)25)14-4-2-1-3-11(12)14/h1-9H,(H,20,21). The SMILES string of the molecule is O=C(O)c1cc([N+](=O)[O-])ccc1-c1ccc([N+](=O)[O-])c2ccccc12. The zero-order valence-electron chi connectivity index (χ0n) is 12.6. The maximum absolute atomic E-state index is 11.6. The van der Waals surface area contributed by atoms with Crippen molar-refractivity contribution in [2.45, 2.75) is 0 Å². The van der Waals surface area contributed by atoms with E-state index in [1.807, 2.05) is 0 Å². The predicted molar refractivity (Wildman–Crippen MR) is 89.7 cm³/mol. The molecule has 0 bridgehead atoms. The third-order valence-corrected chi connectivity index (χ3v) is 3.83. The number of nitro benzene ring substituents is 2. The van der Waals surface area contributed by atoms with Gasteiger partial charge in [-0.3, -0.25) is 20.2 Å². The van der Waals surface area contributed by atoms with Crippen LogP contribution in [0, 0.1) is 20.2 Å². The minimum atomic E-state index is -1.32. The van der Waals surface area contributed by atoms with Crippen LogP contribution in [0.5, 0.6) is 0 Å². The number of aromatic carboxylic acids is 1. The van der Waals surface area contributed by atoms with E-state index in [-0.39, 0.29) is 22.5 Å². The predicted octanol–water partition coefficient (Wildman–Crippen LogP) is 4.02. The number of non-ortho nitro benzene ring substituents is 2. The van der Waals surface area contributed by atoms with Gasteiger partial charge < -0.3 is 5.11 Å². The van der Waals surface area contributed by atoms with Crippen LogP contribution in [0.2, 0.25) is 0 Å². The van der Waals surface area contributed by atoms with Gasteiger partial charge in [-0.05, 0) is 34.7 Å². The van der Waals surface area contributed by atoms with E-state index in [1.165, 1.54) is 24.3 Å². The average Bonchev–Trinajstić information content (AvgIpc) is 2.60. The Bertz CT molecular complexity index is 1040. The smallest absolute Gasteiger partial charge is 0.336 e. The van der Waals surface area contributed by atoms with E-state index >= 15 is 0 Å². The quantitative estimate of drug-likeness (QED) is 0.566. The summed E-state index contributed by atoms with van der Waals surface area (Å²) in [4.78, 5) is 32.4. The molecule has 3 rings (SSSR count). The van der Waals surface area contributed by atoms with E-state index in [4.69, 9.17) is 0 Å². The Morgan fingerprint density at radius 3 is 2.08 bits per heavy atom. The Morgan fingerprint density at radius 2 is 1.48 bits per heavy atom. The summed E-state index contributed by atoms with van der Waals surface area (Å²) in [6, 6.07) is 12.8. The van der Waals surface area contributed by atoms with Crippen molar-refractivity contribution in [1.29, 1.82) is 0 Å². The summed E-state index contributed by atoms with van der Waals surface area (Å²) in [5, 5.41) is 32.4. The summed E-state index contributed by atoms with van der Waals surface area (Å²) >= 11 is 0. The molecule has 0 heterocycles. The Hall–Kier alpha value is -3.81. The van der Waals surface area contributed by atoms with Crippen LogP contribution < -0.4 is 0 Å². The number of nitrogens with zero attached hydrogens (tertiary/aromatic N) is 2. The highest BCUT2D eigenvalue weighted by molar-refractivity contribution is 6.06. The van der Waals surface area contributed by atoms with E-state index < -0.39 is 15.8 Å². The summed E-state index contributed by atoms with van der Waals surface area (Å²) in [6.07, 6.45) is 0. The van der Waals surface area contributed by atoms with Crippen molar-refractivity contribution in [2.24, 2.45) is 0 Å². The molecule has 8 nitrogen and oxygen atoms in total. The van der Waals surface area contributed by atoms with Crippen LogP contribution in [0.15, 0.2) is 54.6 Å². The summed E-state index contributed by atoms with van der Waals surface area (Å²) in [5.41, 5.74) is 0.0244. The fraction of sp³-hybridized carbons (Fsp3) is 0. The minimum Gasteiger partial charge on any atom is -0.478 e. The first-order valence-electron chi connectivity index (χ1n) is 7.08. The number of hydrogen-bond donors (Lipinski definition) is 1. The highest BCUT2D eigenvalue weighted by Crippen LogP contribution is 2.36. The minimum absolute atomic E-state index is 0.0989. The highest BCUT2D eigenvalue weighted by Gasteiger charge is 2.21. The highest BCUT2D eigenvalue weighted by atomic mass is 16.6. The molecule has 0 saturated heterocycles. The third kappa shape index (κ3) is 2.76. The molecule has 0 saturated carbocycles. The lowest BCUT2D eigenvalue weighted by molar-refractivity contribution is -0.384. The molecule has 0 aliphatic carbocycles. The normalized spacial score (nSPS) is 10.6. The molecule has 1 N–H and O–H groups in total. The maximum atomic E-state index is 11.6. The second-order valence-electron chi connectivity index (χ2n) is 5.23. The van der Waals surface area contributed by atoms with Crippen LogP contribution in [-0.4, -0.2) is 20.9 Å². The van der Waals surface area contributed by atoms with Crippen LogP contribution in [0.3, 0.4) is 0 Å². The van der Waals surface area contributed by atoms with Gasteiger partial charge in [-0.2, -0.15) is 0 Å². The van der Waals surface area contributed by atoms with Crippen LogP contribution >= 0.6 is 0 Å². The molecule has 0 atom stereocenters. The molecule has 0 unspecified atom stereocenters. The van der Waals surface area contributed by atoms with Gasteiger partial charge in [-0.25, -0.2) is 4.79 Å². The third-order valence-electron chi connectivity index (χ3n) is 3.83. The Kier molecular flexibility index (Phi) is 3.86. The van der Waals surface area contributed by atoms with Crippen LogP contribution in [0.25, 0.3) is 21.9 Å². The zero-order valence-corrected chi connectivity index (χ0v) is 12.6. The summed E-state index contributed by atoms with van der Waals surface area (Å²) in [5.74, 6) is -1.32. The summed E-state index contributed by atoms with van der Waals surface area (Å²) in [7, 11) is 0. The first kappa shape index (κ1) is 16.1. The average molecular weight is 338 g/mol. The molecular formula is C17H10N2O6. The van der Waals surface area contributed by atoms with E-state index in [0.29, 0.717) is 16.3 Å². The molecule has 0 radical (unpaired) electrons. The van der Waals surface area contributed by atoms with Gasteiger partial charge in [0.05, 0.1) is 20.8 Å². The lowest BCUT2D eigenvalue weighted by atomic mass is 9.93. The van der Waals surface area contributed by atoms with Gasteiger partial charge in [0.2, 0.25) is 0 Å². The molecular weight excluding hydrogens is 328 g/mol. The molecule has 0 aliphatic rings. The van der Waals surface area contributed by atoms with Crippen molar-refractivity contribution in [2.75, 3.05) is 0 Å². The van der Waals surface area contributed by atoms with Gasteiger partial charge in [0.1, 0.15) is 0 Å². The number of fused-ring (bicyclic) bond motifs is 1. The molecule has 0 amide bonds. The molecule has 0 spiro atoms. The van der Waals surface area contributed by atoms with Crippen molar-refractivity contribution in [3.05, 3.63) is 80.4 Å². The molecule has 25 heavy (non-hydrogen) atoms. The summed E-state index contributed by atoms with van der Waals surface area (Å²) in [6.45, 7) is 0. The van der Waals surface area contributed by atoms with E-state index in [1.54, 1.807) is 24.3 Å². The molecule has 0 aromatic heterocycles. The number of nitro groups is 2. The maximum Gasteiger partial charge on any atom is 0.336 e. The van der Waals surface area contributed by atoms with Crippen molar-refractivity contribution in [3.8, 4) is 11.1 Å². The van der Waals surface area contributed by atoms with E-state index in [2.05, 4.69) is 0 Å². The van der Waals surface area contributed by atoms with E-state index in [9.17, 15) is 30.1 Å². The van der Waals surface area contributed by atoms with Crippen LogP contribution in [0.1, 0.15) is 10.4 Å². The van der Waals surface area contributed by atoms with Gasteiger partial charge in [-0.1, -0.05) is 18.2 Å². The number of benzene rings is 3. The fourth-order valence-electron chi connectivity index (χ4n) is 2.73. The fourth-order valence-corrected chi connectivity index (χ4v) is 2.73. The first-order valence-corrected chi connectivity index (χ1v) is 7.08. The zero-order chi connectivity index (χ0) is 18.1. The lowest BCUT2D eigenvalue weighted by Gasteiger charge is -2.10. The molecule has 0 fully saturated rings. The van der Waals surface area contributed by atoms with Crippen molar-refractivity contribution < 1.29 is 19.7 Å².